The van der Waals surface area contributed by atoms with Crippen molar-refractivity contribution in [3.8, 4) is 0 Å². The normalized spacial score (nSPS) is 19.2. The van der Waals surface area contributed by atoms with Crippen LogP contribution in [0.5, 0.6) is 0 Å². The van der Waals surface area contributed by atoms with E-state index in [-0.39, 0.29) is 22.8 Å². The molecule has 2 saturated heterocycles. The van der Waals surface area contributed by atoms with Crippen LogP contribution in [0, 0.1) is 6.92 Å². The van der Waals surface area contributed by atoms with Crippen LogP contribution in [0.15, 0.2) is 18.3 Å². The summed E-state index contributed by atoms with van der Waals surface area (Å²) in [6.07, 6.45) is 5.60. The Morgan fingerprint density at radius 1 is 1.14 bits per heavy atom. The van der Waals surface area contributed by atoms with E-state index in [9.17, 15) is 9.59 Å². The molecule has 2 amide bonds. The van der Waals surface area contributed by atoms with Gasteiger partial charge in [0.05, 0.1) is 17.5 Å². The monoisotopic (exact) mass is 528 g/mol. The molecule has 0 aromatic carbocycles. The quantitative estimate of drug-likeness (QED) is 0.526. The first kappa shape index (κ1) is 27.1. The van der Waals surface area contributed by atoms with Crippen molar-refractivity contribution in [3.05, 3.63) is 40.4 Å². The van der Waals surface area contributed by atoms with E-state index in [2.05, 4.69) is 37.0 Å². The van der Waals surface area contributed by atoms with Gasteiger partial charge in [0.1, 0.15) is 22.5 Å². The lowest BCUT2D eigenvalue weighted by molar-refractivity contribution is 0.0481. The Morgan fingerprint density at radius 3 is 2.54 bits per heavy atom. The number of halogens is 1. The largest absolute Gasteiger partial charge is 0.383 e. The number of likely N-dealkylation sites (tertiary alicyclic amines) is 1. The molecule has 2 aliphatic rings. The van der Waals surface area contributed by atoms with E-state index in [1.54, 1.807) is 18.3 Å². The second-order valence-corrected chi connectivity index (χ2v) is 10.1. The zero-order valence-corrected chi connectivity index (χ0v) is 22.7. The number of aryl methyl sites for hydroxylation is 1. The fourth-order valence-corrected chi connectivity index (χ4v) is 5.63. The zero-order chi connectivity index (χ0) is 26.5. The fraction of sp³-hybridized carbons (Fsp3) is 0.577. The van der Waals surface area contributed by atoms with Gasteiger partial charge in [-0.15, -0.1) is 0 Å². The number of amides is 2. The van der Waals surface area contributed by atoms with Crippen LogP contribution >= 0.6 is 11.6 Å². The number of carbonyl (C=O) groups is 2. The third-order valence-electron chi connectivity index (χ3n) is 7.28. The number of piperazine rings is 1. The van der Waals surface area contributed by atoms with Gasteiger partial charge in [-0.25, -0.2) is 15.0 Å². The number of aromatic nitrogens is 3. The van der Waals surface area contributed by atoms with Crippen LogP contribution in [-0.4, -0.2) is 87.9 Å². The highest BCUT2D eigenvalue weighted by Crippen LogP contribution is 2.28. The summed E-state index contributed by atoms with van der Waals surface area (Å²) >= 11 is 5.89. The highest BCUT2D eigenvalue weighted by atomic mass is 35.5. The molecule has 1 atom stereocenters. The molecule has 4 rings (SSSR count). The Bertz CT molecular complexity index is 1120. The van der Waals surface area contributed by atoms with Gasteiger partial charge < -0.3 is 20.9 Å². The average molecular weight is 529 g/mol. The van der Waals surface area contributed by atoms with E-state index in [4.69, 9.17) is 17.3 Å². The van der Waals surface area contributed by atoms with Gasteiger partial charge in [0.25, 0.3) is 11.8 Å². The SMILES string of the molecule is CCC[C@H]1CN(c2ncc(C(=O)NCC)nc2C)CCN1C1CCN(C(=O)c2ccc(Cl)nc2N)CC1. The Balaban J connectivity index is 1.39. The summed E-state index contributed by atoms with van der Waals surface area (Å²) in [5.74, 6) is 0.748. The summed E-state index contributed by atoms with van der Waals surface area (Å²) in [5.41, 5.74) is 7.48. The Morgan fingerprint density at radius 2 is 1.89 bits per heavy atom. The predicted octanol–water partition coefficient (Wildman–Crippen LogP) is 2.76. The Kier molecular flexibility index (Phi) is 8.81. The molecule has 0 radical (unpaired) electrons. The number of hydrogen-bond acceptors (Lipinski definition) is 8. The van der Waals surface area contributed by atoms with Crippen molar-refractivity contribution < 1.29 is 9.59 Å². The molecule has 0 aliphatic carbocycles. The average Bonchev–Trinajstić information content (AvgIpc) is 2.89. The van der Waals surface area contributed by atoms with Crippen molar-refractivity contribution in [2.45, 2.75) is 58.5 Å². The smallest absolute Gasteiger partial charge is 0.271 e. The summed E-state index contributed by atoms with van der Waals surface area (Å²) in [7, 11) is 0. The van der Waals surface area contributed by atoms with Crippen molar-refractivity contribution in [1.29, 1.82) is 0 Å². The number of nitrogens with two attached hydrogens (primary N) is 1. The second-order valence-electron chi connectivity index (χ2n) is 9.74. The lowest BCUT2D eigenvalue weighted by Gasteiger charge is -2.48. The van der Waals surface area contributed by atoms with E-state index >= 15 is 0 Å². The molecule has 0 unspecified atom stereocenters. The standard InChI is InChI=1S/C26H37ClN8O2/c1-4-6-19-16-34(24-17(3)31-21(15-30-24)25(36)29-5-2)13-14-35(19)18-9-11-33(12-10-18)26(37)20-7-8-22(27)32-23(20)28/h7-8,15,18-19H,4-6,9-14,16H2,1-3H3,(H2,28,32)(H,29,36)/t19-/m0/s1. The number of nitrogen functional groups attached to an aromatic ring is 1. The summed E-state index contributed by atoms with van der Waals surface area (Å²) in [4.78, 5) is 45.1. The third-order valence-corrected chi connectivity index (χ3v) is 7.49. The van der Waals surface area contributed by atoms with Crippen LogP contribution in [-0.2, 0) is 0 Å². The maximum absolute atomic E-state index is 13.0. The number of hydrogen-bond donors (Lipinski definition) is 2. The van der Waals surface area contributed by atoms with E-state index in [0.717, 1.165) is 56.8 Å². The maximum Gasteiger partial charge on any atom is 0.271 e. The number of pyridine rings is 1. The van der Waals surface area contributed by atoms with Crippen molar-refractivity contribution in [1.82, 2.24) is 30.1 Å². The molecule has 11 heteroatoms. The number of anilines is 2. The van der Waals surface area contributed by atoms with Crippen LogP contribution in [0.25, 0.3) is 0 Å². The number of piperidine rings is 1. The first-order chi connectivity index (χ1) is 17.8. The molecular formula is C26H37ClN8O2. The van der Waals surface area contributed by atoms with Gasteiger partial charge in [-0.1, -0.05) is 24.9 Å². The van der Waals surface area contributed by atoms with Crippen LogP contribution in [0.3, 0.4) is 0 Å². The molecule has 200 valence electrons. The molecule has 3 N–H and O–H groups in total. The first-order valence-electron chi connectivity index (χ1n) is 13.2. The molecule has 0 saturated carbocycles. The lowest BCUT2D eigenvalue weighted by atomic mass is 9.97. The summed E-state index contributed by atoms with van der Waals surface area (Å²) in [6.45, 7) is 10.6. The molecule has 2 fully saturated rings. The van der Waals surface area contributed by atoms with Crippen LogP contribution in [0.2, 0.25) is 5.15 Å². The van der Waals surface area contributed by atoms with Gasteiger partial charge in [-0.05, 0) is 45.2 Å². The molecule has 37 heavy (non-hydrogen) atoms. The molecular weight excluding hydrogens is 492 g/mol. The second kappa shape index (κ2) is 12.0. The Hall–Kier alpha value is -2.98. The topological polar surface area (TPSA) is 121 Å². The van der Waals surface area contributed by atoms with Crippen LogP contribution in [0.1, 0.15) is 66.1 Å². The van der Waals surface area contributed by atoms with Crippen molar-refractivity contribution in [3.63, 3.8) is 0 Å². The molecule has 0 bridgehead atoms. The molecule has 2 aromatic rings. The van der Waals surface area contributed by atoms with Crippen LogP contribution < -0.4 is 16.0 Å². The van der Waals surface area contributed by atoms with Gasteiger partial charge >= 0.3 is 0 Å². The number of nitrogens with zero attached hydrogens (tertiary/aromatic N) is 6. The minimum Gasteiger partial charge on any atom is -0.383 e. The number of nitrogens with one attached hydrogen (secondary N) is 1. The van der Waals surface area contributed by atoms with Gasteiger partial charge in [-0.2, -0.15) is 0 Å². The van der Waals surface area contributed by atoms with E-state index in [1.807, 2.05) is 18.7 Å². The minimum atomic E-state index is -0.196. The van der Waals surface area contributed by atoms with E-state index in [1.165, 1.54) is 0 Å². The zero-order valence-electron chi connectivity index (χ0n) is 21.9. The predicted molar refractivity (Wildman–Crippen MR) is 145 cm³/mol. The molecule has 4 heterocycles. The molecule has 2 aliphatic heterocycles. The van der Waals surface area contributed by atoms with Gasteiger partial charge in [0.2, 0.25) is 0 Å². The van der Waals surface area contributed by atoms with Gasteiger partial charge in [0, 0.05) is 51.4 Å². The van der Waals surface area contributed by atoms with E-state index < -0.39 is 0 Å². The van der Waals surface area contributed by atoms with Crippen LogP contribution in [0.4, 0.5) is 11.6 Å². The number of carbonyl (C=O) groups excluding carboxylic acids is 2. The lowest BCUT2D eigenvalue weighted by Crippen LogP contribution is -2.59. The van der Waals surface area contributed by atoms with E-state index in [0.29, 0.717) is 43.0 Å². The van der Waals surface area contributed by atoms with Gasteiger partial charge in [-0.3, -0.25) is 14.5 Å². The molecule has 2 aromatic heterocycles. The van der Waals surface area contributed by atoms with Crippen molar-refractivity contribution in [2.24, 2.45) is 0 Å². The maximum atomic E-state index is 13.0. The Labute approximate surface area is 223 Å². The summed E-state index contributed by atoms with van der Waals surface area (Å²) in [6, 6.07) is 4.08. The summed E-state index contributed by atoms with van der Waals surface area (Å²) in [5, 5.41) is 3.06. The molecule has 10 nitrogen and oxygen atoms in total. The first-order valence-corrected chi connectivity index (χ1v) is 13.5. The fourth-order valence-electron chi connectivity index (χ4n) is 5.48. The third kappa shape index (κ3) is 6.13. The molecule has 0 spiro atoms. The highest BCUT2D eigenvalue weighted by molar-refractivity contribution is 6.29. The summed E-state index contributed by atoms with van der Waals surface area (Å²) < 4.78 is 0. The highest BCUT2D eigenvalue weighted by Gasteiger charge is 2.35. The van der Waals surface area contributed by atoms with Crippen molar-refractivity contribution >= 4 is 35.1 Å². The van der Waals surface area contributed by atoms with Crippen molar-refractivity contribution in [2.75, 3.05) is 49.9 Å². The number of rotatable bonds is 7. The van der Waals surface area contributed by atoms with Gasteiger partial charge in [0.15, 0.2) is 0 Å². The minimum absolute atomic E-state index is 0.0832.